The first-order valence-corrected chi connectivity index (χ1v) is 5.83. The Hall–Kier alpha value is -1.02. The maximum Gasteiger partial charge on any atom is 0.120 e. The van der Waals surface area contributed by atoms with E-state index >= 15 is 0 Å². The van der Waals surface area contributed by atoms with Crippen LogP contribution in [0, 0.1) is 0 Å². The Morgan fingerprint density at radius 3 is 2.67 bits per heavy atom. The lowest BCUT2D eigenvalue weighted by Gasteiger charge is -2.32. The minimum Gasteiger partial charge on any atom is -0.490 e. The van der Waals surface area contributed by atoms with Crippen molar-refractivity contribution in [2.45, 2.75) is 43.7 Å². The molecule has 2 heteroatoms. The molecule has 0 amide bonds. The molecule has 3 rings (SSSR count). The van der Waals surface area contributed by atoms with Gasteiger partial charge in [0.2, 0.25) is 0 Å². The first kappa shape index (κ1) is 9.22. The van der Waals surface area contributed by atoms with Crippen LogP contribution in [0.3, 0.4) is 0 Å². The van der Waals surface area contributed by atoms with Gasteiger partial charge in [-0.2, -0.15) is 0 Å². The molecule has 80 valence electrons. The third-order valence-corrected chi connectivity index (χ3v) is 3.34. The van der Waals surface area contributed by atoms with Crippen molar-refractivity contribution in [1.82, 2.24) is 0 Å². The summed E-state index contributed by atoms with van der Waals surface area (Å²) in [5, 5.41) is 0. The van der Waals surface area contributed by atoms with E-state index < -0.39 is 0 Å². The van der Waals surface area contributed by atoms with Gasteiger partial charge in [-0.3, -0.25) is 0 Å². The summed E-state index contributed by atoms with van der Waals surface area (Å²) in [7, 11) is 0. The molecule has 2 nitrogen and oxygen atoms in total. The van der Waals surface area contributed by atoms with E-state index in [9.17, 15) is 0 Å². The van der Waals surface area contributed by atoms with Crippen LogP contribution in [0.1, 0.15) is 37.2 Å². The molecular formula is C13H17NO. The molecule has 0 saturated heterocycles. The van der Waals surface area contributed by atoms with Crippen molar-refractivity contribution in [3.63, 3.8) is 0 Å². The first-order chi connectivity index (χ1) is 7.31. The van der Waals surface area contributed by atoms with Gasteiger partial charge >= 0.3 is 0 Å². The average Bonchev–Trinajstić information content (AvgIpc) is 2.99. The van der Waals surface area contributed by atoms with Gasteiger partial charge in [0.15, 0.2) is 0 Å². The Balaban J connectivity index is 1.66. The summed E-state index contributed by atoms with van der Waals surface area (Å²) in [5.41, 5.74) is 7.17. The molecule has 2 saturated carbocycles. The van der Waals surface area contributed by atoms with Gasteiger partial charge in [0.1, 0.15) is 11.9 Å². The van der Waals surface area contributed by atoms with Crippen molar-refractivity contribution < 1.29 is 4.74 Å². The van der Waals surface area contributed by atoms with E-state index in [0.717, 1.165) is 24.5 Å². The number of ether oxygens (including phenoxy) is 1. The summed E-state index contributed by atoms with van der Waals surface area (Å²) in [5.74, 6) is 1.83. The summed E-state index contributed by atoms with van der Waals surface area (Å²) in [6.45, 7) is 0. The van der Waals surface area contributed by atoms with Crippen molar-refractivity contribution in [3.8, 4) is 5.75 Å². The fourth-order valence-electron chi connectivity index (χ4n) is 2.15. The second kappa shape index (κ2) is 3.53. The average molecular weight is 203 g/mol. The molecule has 0 atom stereocenters. The molecule has 2 N–H and O–H groups in total. The molecule has 0 aliphatic heterocycles. The molecule has 1 aromatic rings. The van der Waals surface area contributed by atoms with Crippen LogP contribution in [0.15, 0.2) is 24.3 Å². The van der Waals surface area contributed by atoms with E-state index in [1.807, 2.05) is 0 Å². The Morgan fingerprint density at radius 2 is 2.00 bits per heavy atom. The molecule has 0 bridgehead atoms. The molecular weight excluding hydrogens is 186 g/mol. The highest BCUT2D eigenvalue weighted by molar-refractivity contribution is 5.33. The molecule has 0 aromatic heterocycles. The van der Waals surface area contributed by atoms with Crippen LogP contribution >= 0.6 is 0 Å². The van der Waals surface area contributed by atoms with Crippen LogP contribution in [-0.2, 0) is 0 Å². The normalized spacial score (nSPS) is 29.7. The standard InChI is InChI=1S/C13H17NO/c14-11-7-13(8-11)15-12-3-1-2-10(6-12)9-4-5-9/h1-3,6,9,11,13H,4-5,7-8,14H2. The number of hydrogen-bond donors (Lipinski definition) is 1. The van der Waals surface area contributed by atoms with Gasteiger partial charge in [0.05, 0.1) is 0 Å². The smallest absolute Gasteiger partial charge is 0.120 e. The first-order valence-electron chi connectivity index (χ1n) is 5.83. The third-order valence-electron chi connectivity index (χ3n) is 3.34. The zero-order valence-electron chi connectivity index (χ0n) is 8.86. The van der Waals surface area contributed by atoms with Gasteiger partial charge in [-0.15, -0.1) is 0 Å². The summed E-state index contributed by atoms with van der Waals surface area (Å²) in [6.07, 6.45) is 5.06. The van der Waals surface area contributed by atoms with E-state index in [4.69, 9.17) is 10.5 Å². The topological polar surface area (TPSA) is 35.2 Å². The number of rotatable bonds is 3. The largest absolute Gasteiger partial charge is 0.490 e. The molecule has 1 aromatic carbocycles. The Labute approximate surface area is 90.4 Å². The predicted molar refractivity (Wildman–Crippen MR) is 60.0 cm³/mol. The lowest BCUT2D eigenvalue weighted by atomic mass is 9.90. The lowest BCUT2D eigenvalue weighted by molar-refractivity contribution is 0.101. The van der Waals surface area contributed by atoms with Crippen LogP contribution in [0.4, 0.5) is 0 Å². The Bertz CT molecular complexity index is 353. The summed E-state index contributed by atoms with van der Waals surface area (Å²) in [4.78, 5) is 0. The lowest BCUT2D eigenvalue weighted by Crippen LogP contribution is -2.43. The summed E-state index contributed by atoms with van der Waals surface area (Å²) < 4.78 is 5.86. The van der Waals surface area contributed by atoms with E-state index in [0.29, 0.717) is 12.1 Å². The molecule has 2 aliphatic carbocycles. The van der Waals surface area contributed by atoms with Crippen molar-refractivity contribution in [1.29, 1.82) is 0 Å². The van der Waals surface area contributed by atoms with E-state index in [1.54, 1.807) is 0 Å². The highest BCUT2D eigenvalue weighted by atomic mass is 16.5. The molecule has 0 heterocycles. The van der Waals surface area contributed by atoms with Gasteiger partial charge in [0.25, 0.3) is 0 Å². The van der Waals surface area contributed by atoms with E-state index in [1.165, 1.54) is 18.4 Å². The number of hydrogen-bond acceptors (Lipinski definition) is 2. The number of nitrogens with two attached hydrogens (primary N) is 1. The van der Waals surface area contributed by atoms with E-state index in [2.05, 4.69) is 24.3 Å². The second-order valence-corrected chi connectivity index (χ2v) is 4.82. The predicted octanol–water partition coefficient (Wildman–Crippen LogP) is 2.43. The minimum absolute atomic E-state index is 0.356. The van der Waals surface area contributed by atoms with Gasteiger partial charge in [-0.1, -0.05) is 12.1 Å². The zero-order valence-corrected chi connectivity index (χ0v) is 8.86. The maximum atomic E-state index is 5.86. The highest BCUT2D eigenvalue weighted by Gasteiger charge is 2.28. The van der Waals surface area contributed by atoms with Crippen molar-refractivity contribution in [3.05, 3.63) is 29.8 Å². The third kappa shape index (κ3) is 2.00. The SMILES string of the molecule is NC1CC(Oc2cccc(C3CC3)c2)C1. The minimum atomic E-state index is 0.356. The van der Waals surface area contributed by atoms with Crippen LogP contribution in [-0.4, -0.2) is 12.1 Å². The Morgan fingerprint density at radius 1 is 1.20 bits per heavy atom. The van der Waals surface area contributed by atoms with Crippen molar-refractivity contribution in [2.75, 3.05) is 0 Å². The summed E-state index contributed by atoms with van der Waals surface area (Å²) >= 11 is 0. The highest BCUT2D eigenvalue weighted by Crippen LogP contribution is 2.41. The maximum absolute atomic E-state index is 5.86. The fraction of sp³-hybridized carbons (Fsp3) is 0.538. The van der Waals surface area contributed by atoms with Crippen molar-refractivity contribution >= 4 is 0 Å². The Kier molecular flexibility index (Phi) is 2.17. The number of benzene rings is 1. The summed E-state index contributed by atoms with van der Waals surface area (Å²) in [6, 6.07) is 8.91. The molecule has 0 unspecified atom stereocenters. The monoisotopic (exact) mass is 203 g/mol. The molecule has 15 heavy (non-hydrogen) atoms. The fourth-order valence-corrected chi connectivity index (χ4v) is 2.15. The quantitative estimate of drug-likeness (QED) is 0.819. The van der Waals surface area contributed by atoms with Crippen molar-refractivity contribution in [2.24, 2.45) is 5.73 Å². The van der Waals surface area contributed by atoms with Gasteiger partial charge in [-0.25, -0.2) is 0 Å². The molecule has 2 fully saturated rings. The van der Waals surface area contributed by atoms with Crippen LogP contribution in [0.5, 0.6) is 5.75 Å². The van der Waals surface area contributed by atoms with E-state index in [-0.39, 0.29) is 0 Å². The zero-order chi connectivity index (χ0) is 10.3. The van der Waals surface area contributed by atoms with Crippen LogP contribution in [0.2, 0.25) is 0 Å². The molecule has 0 spiro atoms. The van der Waals surface area contributed by atoms with Crippen LogP contribution in [0.25, 0.3) is 0 Å². The van der Waals surface area contributed by atoms with Gasteiger partial charge < -0.3 is 10.5 Å². The van der Waals surface area contributed by atoms with Crippen LogP contribution < -0.4 is 10.5 Å². The molecule has 0 radical (unpaired) electrons. The molecule has 2 aliphatic rings. The van der Waals surface area contributed by atoms with Gasteiger partial charge in [-0.05, 0) is 49.3 Å². The second-order valence-electron chi connectivity index (χ2n) is 4.82. The van der Waals surface area contributed by atoms with Gasteiger partial charge in [0, 0.05) is 6.04 Å².